The maximum absolute atomic E-state index is 12.7. The summed E-state index contributed by atoms with van der Waals surface area (Å²) in [6.45, 7) is 5.98. The summed E-state index contributed by atoms with van der Waals surface area (Å²) < 4.78 is 23.5. The van der Waals surface area contributed by atoms with E-state index in [-0.39, 0.29) is 10.8 Å². The Morgan fingerprint density at radius 3 is 2.31 bits per heavy atom. The van der Waals surface area contributed by atoms with Crippen molar-refractivity contribution >= 4 is 27.1 Å². The highest BCUT2D eigenvalue weighted by atomic mass is 32.2. The average molecular weight is 372 g/mol. The van der Waals surface area contributed by atoms with Gasteiger partial charge in [-0.1, -0.05) is 6.07 Å². The van der Waals surface area contributed by atoms with Crippen LogP contribution in [0.25, 0.3) is 0 Å². The van der Waals surface area contributed by atoms with E-state index in [4.69, 9.17) is 0 Å². The maximum Gasteiger partial charge on any atom is 0.255 e. The number of carbonyl (C=O) groups excluding carboxylic acids is 1. The van der Waals surface area contributed by atoms with Crippen molar-refractivity contribution in [1.82, 2.24) is 0 Å². The third-order valence-corrected chi connectivity index (χ3v) is 5.89. The summed E-state index contributed by atoms with van der Waals surface area (Å²) in [6, 6.07) is 10.5. The summed E-state index contributed by atoms with van der Waals surface area (Å²) >= 11 is 0. The van der Waals surface area contributed by atoms with Crippen LogP contribution in [0.4, 0.5) is 11.4 Å². The van der Waals surface area contributed by atoms with Gasteiger partial charge in [-0.3, -0.25) is 4.79 Å². The molecule has 0 aromatic heterocycles. The summed E-state index contributed by atoms with van der Waals surface area (Å²) in [6.07, 6.45) is 3.57. The number of hydrogen-bond acceptors (Lipinski definition) is 4. The van der Waals surface area contributed by atoms with Crippen LogP contribution >= 0.6 is 0 Å². The molecule has 5 nitrogen and oxygen atoms in total. The lowest BCUT2D eigenvalue weighted by Crippen LogP contribution is -2.19. The SMILES string of the molecule is Cc1ccc(S(C)(=O)=O)cc1C(=O)Nc1ccc(N2CCCC2)c(C)c1. The zero-order chi connectivity index (χ0) is 18.9. The van der Waals surface area contributed by atoms with E-state index < -0.39 is 9.84 Å². The molecule has 2 aromatic carbocycles. The Kier molecular flexibility index (Phi) is 5.05. The number of sulfone groups is 1. The molecule has 3 rings (SSSR count). The molecule has 1 fully saturated rings. The summed E-state index contributed by atoms with van der Waals surface area (Å²) in [5.74, 6) is -0.304. The molecular formula is C20H24N2O3S. The fourth-order valence-corrected chi connectivity index (χ4v) is 3.97. The first-order valence-corrected chi connectivity index (χ1v) is 10.6. The van der Waals surface area contributed by atoms with Crippen LogP contribution < -0.4 is 10.2 Å². The smallest absolute Gasteiger partial charge is 0.255 e. The third kappa shape index (κ3) is 3.90. The van der Waals surface area contributed by atoms with Gasteiger partial charge in [0.25, 0.3) is 5.91 Å². The van der Waals surface area contributed by atoms with Crippen molar-refractivity contribution in [1.29, 1.82) is 0 Å². The van der Waals surface area contributed by atoms with E-state index in [0.717, 1.165) is 30.5 Å². The van der Waals surface area contributed by atoms with Gasteiger partial charge in [-0.25, -0.2) is 8.42 Å². The topological polar surface area (TPSA) is 66.5 Å². The van der Waals surface area contributed by atoms with E-state index in [1.807, 2.05) is 25.1 Å². The Morgan fingerprint density at radius 1 is 1.00 bits per heavy atom. The minimum atomic E-state index is -3.36. The van der Waals surface area contributed by atoms with Gasteiger partial charge in [-0.05, 0) is 68.1 Å². The lowest BCUT2D eigenvalue weighted by Gasteiger charge is -2.20. The van der Waals surface area contributed by atoms with E-state index >= 15 is 0 Å². The van der Waals surface area contributed by atoms with Gasteiger partial charge in [-0.15, -0.1) is 0 Å². The van der Waals surface area contributed by atoms with E-state index in [2.05, 4.69) is 10.2 Å². The van der Waals surface area contributed by atoms with Crippen LogP contribution in [0, 0.1) is 13.8 Å². The van der Waals surface area contributed by atoms with Crippen molar-refractivity contribution < 1.29 is 13.2 Å². The highest BCUT2D eigenvalue weighted by molar-refractivity contribution is 7.90. The van der Waals surface area contributed by atoms with Gasteiger partial charge in [0.15, 0.2) is 9.84 Å². The Hall–Kier alpha value is -2.34. The normalized spacial score (nSPS) is 14.5. The second-order valence-electron chi connectivity index (χ2n) is 6.90. The molecule has 0 bridgehead atoms. The number of rotatable bonds is 4. The molecule has 0 spiro atoms. The lowest BCUT2D eigenvalue weighted by molar-refractivity contribution is 0.102. The van der Waals surface area contributed by atoms with Crippen LogP contribution in [0.2, 0.25) is 0 Å². The molecule has 2 aromatic rings. The third-order valence-electron chi connectivity index (χ3n) is 4.78. The van der Waals surface area contributed by atoms with Gasteiger partial charge in [0.1, 0.15) is 0 Å². The minimum absolute atomic E-state index is 0.147. The van der Waals surface area contributed by atoms with E-state index in [0.29, 0.717) is 11.3 Å². The highest BCUT2D eigenvalue weighted by Gasteiger charge is 2.17. The minimum Gasteiger partial charge on any atom is -0.371 e. The first-order chi connectivity index (χ1) is 12.3. The van der Waals surface area contributed by atoms with Crippen molar-refractivity contribution in [3.63, 3.8) is 0 Å². The standard InChI is InChI=1S/C20H24N2O3S/c1-14-6-8-17(26(3,24)25)13-18(14)20(23)21-16-7-9-19(15(2)12-16)22-10-4-5-11-22/h6-9,12-13H,4-5,10-11H2,1-3H3,(H,21,23). The van der Waals surface area contributed by atoms with E-state index in [9.17, 15) is 13.2 Å². The predicted octanol–water partition coefficient (Wildman–Crippen LogP) is 3.56. The Bertz CT molecular complexity index is 946. The fraction of sp³-hybridized carbons (Fsp3) is 0.350. The van der Waals surface area contributed by atoms with E-state index in [1.54, 1.807) is 13.0 Å². The molecule has 0 unspecified atom stereocenters. The Labute approximate surface area is 154 Å². The first-order valence-electron chi connectivity index (χ1n) is 8.73. The average Bonchev–Trinajstić information content (AvgIpc) is 3.08. The van der Waals surface area contributed by atoms with E-state index in [1.165, 1.54) is 30.7 Å². The lowest BCUT2D eigenvalue weighted by atomic mass is 10.1. The largest absolute Gasteiger partial charge is 0.371 e. The second kappa shape index (κ2) is 7.11. The summed E-state index contributed by atoms with van der Waals surface area (Å²) in [5.41, 5.74) is 4.14. The number of amides is 1. The number of anilines is 2. The van der Waals surface area contributed by atoms with Crippen molar-refractivity contribution in [2.24, 2.45) is 0 Å². The molecule has 1 heterocycles. The molecule has 6 heteroatoms. The molecule has 1 saturated heterocycles. The zero-order valence-electron chi connectivity index (χ0n) is 15.4. The number of nitrogens with zero attached hydrogens (tertiary/aromatic N) is 1. The van der Waals surface area contributed by atoms with Gasteiger partial charge in [0, 0.05) is 36.3 Å². The van der Waals surface area contributed by atoms with Crippen molar-refractivity contribution in [2.45, 2.75) is 31.6 Å². The monoisotopic (exact) mass is 372 g/mol. The molecule has 26 heavy (non-hydrogen) atoms. The Morgan fingerprint density at radius 2 is 1.69 bits per heavy atom. The molecule has 1 amide bonds. The Balaban J connectivity index is 1.83. The summed E-state index contributed by atoms with van der Waals surface area (Å²) in [7, 11) is -3.36. The van der Waals surface area contributed by atoms with Crippen LogP contribution in [-0.4, -0.2) is 33.7 Å². The number of carbonyl (C=O) groups is 1. The fourth-order valence-electron chi connectivity index (χ4n) is 3.32. The molecule has 0 atom stereocenters. The van der Waals surface area contributed by atoms with Crippen LogP contribution in [0.5, 0.6) is 0 Å². The number of aryl methyl sites for hydroxylation is 2. The number of nitrogens with one attached hydrogen (secondary N) is 1. The molecular weight excluding hydrogens is 348 g/mol. The van der Waals surface area contributed by atoms with Crippen LogP contribution in [-0.2, 0) is 9.84 Å². The predicted molar refractivity (Wildman–Crippen MR) is 105 cm³/mol. The van der Waals surface area contributed by atoms with Crippen LogP contribution in [0.3, 0.4) is 0 Å². The molecule has 1 aliphatic rings. The summed E-state index contributed by atoms with van der Waals surface area (Å²) in [4.78, 5) is 15.2. The van der Waals surface area contributed by atoms with Crippen LogP contribution in [0.1, 0.15) is 34.3 Å². The van der Waals surface area contributed by atoms with Gasteiger partial charge < -0.3 is 10.2 Å². The molecule has 0 saturated carbocycles. The van der Waals surface area contributed by atoms with Crippen molar-refractivity contribution in [3.05, 3.63) is 53.1 Å². The summed E-state index contributed by atoms with van der Waals surface area (Å²) in [5, 5.41) is 2.88. The quantitative estimate of drug-likeness (QED) is 0.891. The number of benzene rings is 2. The number of hydrogen-bond donors (Lipinski definition) is 1. The molecule has 0 aliphatic carbocycles. The molecule has 1 aliphatic heterocycles. The first kappa shape index (κ1) is 18.5. The maximum atomic E-state index is 12.7. The zero-order valence-corrected chi connectivity index (χ0v) is 16.2. The van der Waals surface area contributed by atoms with Gasteiger partial charge >= 0.3 is 0 Å². The van der Waals surface area contributed by atoms with Gasteiger partial charge in [-0.2, -0.15) is 0 Å². The highest BCUT2D eigenvalue weighted by Crippen LogP contribution is 2.27. The molecule has 1 N–H and O–H groups in total. The van der Waals surface area contributed by atoms with Gasteiger partial charge in [0.05, 0.1) is 4.90 Å². The molecule has 138 valence electrons. The molecule has 0 radical (unpaired) electrons. The van der Waals surface area contributed by atoms with Crippen molar-refractivity contribution in [2.75, 3.05) is 29.6 Å². The van der Waals surface area contributed by atoms with Crippen LogP contribution in [0.15, 0.2) is 41.3 Å². The van der Waals surface area contributed by atoms with Crippen molar-refractivity contribution in [3.8, 4) is 0 Å². The van der Waals surface area contributed by atoms with Gasteiger partial charge in [0.2, 0.25) is 0 Å². The second-order valence-corrected chi connectivity index (χ2v) is 8.91.